The quantitative estimate of drug-likeness (QED) is 0.694. The van der Waals surface area contributed by atoms with Crippen molar-refractivity contribution in [3.8, 4) is 11.4 Å². The molecule has 0 spiro atoms. The molecule has 7 nitrogen and oxygen atoms in total. The van der Waals surface area contributed by atoms with Gasteiger partial charge in [0.2, 0.25) is 0 Å². The SMILES string of the molecule is COC(=O)C1=CN(C(C)C)CCc2nc(-c3ccccc3)nc(NC[C@H]3CCCO3)c2C1. The number of methoxy groups -OCH3 is 1. The summed E-state index contributed by atoms with van der Waals surface area (Å²) in [5.41, 5.74) is 3.51. The highest BCUT2D eigenvalue weighted by Crippen LogP contribution is 2.28. The standard InChI is InChI=1S/C25H32N4O3/c1-17(2)29-12-11-22-21(14-19(16-29)25(30)31-3)24(26-15-20-10-7-13-32-20)28-23(27-22)18-8-5-4-6-9-18/h4-6,8-9,16-17,20H,7,10-15H2,1-3H3,(H,26,27,28)/t20-/m1/s1. The van der Waals surface area contributed by atoms with E-state index in [1.165, 1.54) is 7.11 Å². The third-order valence-corrected chi connectivity index (χ3v) is 6.05. The predicted molar refractivity (Wildman–Crippen MR) is 124 cm³/mol. The van der Waals surface area contributed by atoms with Gasteiger partial charge < -0.3 is 19.7 Å². The van der Waals surface area contributed by atoms with Gasteiger partial charge in [-0.05, 0) is 26.7 Å². The van der Waals surface area contributed by atoms with Crippen molar-refractivity contribution < 1.29 is 14.3 Å². The van der Waals surface area contributed by atoms with Crippen molar-refractivity contribution in [2.24, 2.45) is 0 Å². The van der Waals surface area contributed by atoms with Crippen molar-refractivity contribution >= 4 is 11.8 Å². The number of carbonyl (C=O) groups excluding carboxylic acids is 1. The van der Waals surface area contributed by atoms with Crippen LogP contribution in [0.3, 0.4) is 0 Å². The number of aromatic nitrogens is 2. The van der Waals surface area contributed by atoms with Gasteiger partial charge in [0.25, 0.3) is 0 Å². The van der Waals surface area contributed by atoms with Gasteiger partial charge >= 0.3 is 5.97 Å². The third-order valence-electron chi connectivity index (χ3n) is 6.05. The zero-order valence-electron chi connectivity index (χ0n) is 19.1. The molecule has 32 heavy (non-hydrogen) atoms. The van der Waals surface area contributed by atoms with E-state index in [0.717, 1.165) is 55.1 Å². The molecule has 3 heterocycles. The molecule has 0 unspecified atom stereocenters. The lowest BCUT2D eigenvalue weighted by Crippen LogP contribution is -2.31. The number of hydrogen-bond donors (Lipinski definition) is 1. The van der Waals surface area contributed by atoms with Gasteiger partial charge in [-0.1, -0.05) is 30.3 Å². The fraction of sp³-hybridized carbons (Fsp3) is 0.480. The second-order valence-corrected chi connectivity index (χ2v) is 8.61. The maximum atomic E-state index is 12.6. The van der Waals surface area contributed by atoms with Gasteiger partial charge in [-0.3, -0.25) is 0 Å². The Morgan fingerprint density at radius 2 is 2.09 bits per heavy atom. The molecular weight excluding hydrogens is 404 g/mol. The Morgan fingerprint density at radius 1 is 1.28 bits per heavy atom. The molecule has 1 aromatic heterocycles. The van der Waals surface area contributed by atoms with Gasteiger partial charge in [0.15, 0.2) is 5.82 Å². The van der Waals surface area contributed by atoms with E-state index < -0.39 is 0 Å². The Balaban J connectivity index is 1.75. The van der Waals surface area contributed by atoms with Crippen LogP contribution in [0.5, 0.6) is 0 Å². The van der Waals surface area contributed by atoms with E-state index in [-0.39, 0.29) is 18.1 Å². The second kappa shape index (κ2) is 10.1. The fourth-order valence-corrected chi connectivity index (χ4v) is 4.20. The first kappa shape index (κ1) is 22.3. The highest BCUT2D eigenvalue weighted by molar-refractivity contribution is 5.89. The normalized spacial score (nSPS) is 18.6. The number of ether oxygens (including phenoxy) is 2. The molecule has 2 aliphatic heterocycles. The smallest absolute Gasteiger partial charge is 0.335 e. The minimum absolute atomic E-state index is 0.182. The molecule has 0 saturated carbocycles. The van der Waals surface area contributed by atoms with Crippen LogP contribution in [0.1, 0.15) is 37.9 Å². The number of carbonyl (C=O) groups is 1. The first-order valence-corrected chi connectivity index (χ1v) is 11.4. The van der Waals surface area contributed by atoms with Gasteiger partial charge in [0, 0.05) is 55.9 Å². The van der Waals surface area contributed by atoms with Crippen LogP contribution in [-0.4, -0.2) is 59.8 Å². The van der Waals surface area contributed by atoms with Crippen molar-refractivity contribution in [1.29, 1.82) is 0 Å². The Morgan fingerprint density at radius 3 is 2.78 bits per heavy atom. The molecule has 1 fully saturated rings. The van der Waals surface area contributed by atoms with E-state index in [9.17, 15) is 4.79 Å². The number of rotatable bonds is 6. The summed E-state index contributed by atoms with van der Waals surface area (Å²) in [4.78, 5) is 24.6. The Labute approximate surface area is 189 Å². The molecule has 0 bridgehead atoms. The number of hydrogen-bond acceptors (Lipinski definition) is 7. The van der Waals surface area contributed by atoms with Crippen molar-refractivity contribution in [3.05, 3.63) is 53.4 Å². The molecular formula is C25H32N4O3. The van der Waals surface area contributed by atoms with Gasteiger partial charge in [-0.15, -0.1) is 0 Å². The molecule has 2 aliphatic rings. The van der Waals surface area contributed by atoms with Crippen LogP contribution in [0.2, 0.25) is 0 Å². The second-order valence-electron chi connectivity index (χ2n) is 8.61. The molecule has 7 heteroatoms. The topological polar surface area (TPSA) is 76.6 Å². The van der Waals surface area contributed by atoms with E-state index in [2.05, 4.69) is 24.1 Å². The summed E-state index contributed by atoms with van der Waals surface area (Å²) in [5, 5.41) is 3.52. The zero-order chi connectivity index (χ0) is 22.5. The van der Waals surface area contributed by atoms with Crippen LogP contribution in [0.25, 0.3) is 11.4 Å². The maximum absolute atomic E-state index is 12.6. The lowest BCUT2D eigenvalue weighted by atomic mass is 9.99. The minimum atomic E-state index is -0.319. The van der Waals surface area contributed by atoms with Gasteiger partial charge in [0.05, 0.1) is 24.5 Å². The highest BCUT2D eigenvalue weighted by Gasteiger charge is 2.25. The van der Waals surface area contributed by atoms with Crippen LogP contribution in [0, 0.1) is 0 Å². The fourth-order valence-electron chi connectivity index (χ4n) is 4.20. The number of benzene rings is 1. The Hall–Kier alpha value is -2.93. The van der Waals surface area contributed by atoms with Crippen LogP contribution in [0.4, 0.5) is 5.82 Å². The molecule has 0 aliphatic carbocycles. The monoisotopic (exact) mass is 436 g/mol. The van der Waals surface area contributed by atoms with Crippen LogP contribution < -0.4 is 5.32 Å². The lowest BCUT2D eigenvalue weighted by molar-refractivity contribution is -0.136. The lowest BCUT2D eigenvalue weighted by Gasteiger charge is -2.29. The molecule has 1 atom stereocenters. The average molecular weight is 437 g/mol. The molecule has 1 saturated heterocycles. The Bertz CT molecular complexity index is 969. The van der Waals surface area contributed by atoms with Crippen molar-refractivity contribution in [2.75, 3.05) is 32.1 Å². The summed E-state index contributed by atoms with van der Waals surface area (Å²) in [6.07, 6.45) is 5.45. The molecule has 1 aromatic carbocycles. The number of nitrogens with one attached hydrogen (secondary N) is 1. The van der Waals surface area contributed by atoms with Gasteiger partial charge in [-0.25, -0.2) is 14.8 Å². The summed E-state index contributed by atoms with van der Waals surface area (Å²) in [5.74, 6) is 1.15. The van der Waals surface area contributed by atoms with Gasteiger partial charge in [-0.2, -0.15) is 0 Å². The molecule has 1 N–H and O–H groups in total. The molecule has 0 amide bonds. The van der Waals surface area contributed by atoms with Crippen LogP contribution in [0.15, 0.2) is 42.1 Å². The number of nitrogens with zero attached hydrogens (tertiary/aromatic N) is 3. The Kier molecular flexibility index (Phi) is 7.05. The maximum Gasteiger partial charge on any atom is 0.335 e. The molecule has 2 aromatic rings. The van der Waals surface area contributed by atoms with Crippen LogP contribution in [-0.2, 0) is 27.1 Å². The molecule has 0 radical (unpaired) electrons. The predicted octanol–water partition coefficient (Wildman–Crippen LogP) is 3.60. The van der Waals surface area contributed by atoms with Crippen molar-refractivity contribution in [1.82, 2.24) is 14.9 Å². The summed E-state index contributed by atoms with van der Waals surface area (Å²) in [6.45, 7) is 6.51. The average Bonchev–Trinajstić information content (AvgIpc) is 3.31. The summed E-state index contributed by atoms with van der Waals surface area (Å²) in [7, 11) is 1.42. The number of esters is 1. The van der Waals surface area contributed by atoms with E-state index >= 15 is 0 Å². The largest absolute Gasteiger partial charge is 0.466 e. The van der Waals surface area contributed by atoms with E-state index in [1.807, 2.05) is 36.5 Å². The summed E-state index contributed by atoms with van der Waals surface area (Å²) < 4.78 is 10.9. The summed E-state index contributed by atoms with van der Waals surface area (Å²) in [6, 6.07) is 10.3. The third kappa shape index (κ3) is 5.10. The zero-order valence-corrected chi connectivity index (χ0v) is 19.1. The number of fused-ring (bicyclic) bond motifs is 1. The van der Waals surface area contributed by atoms with E-state index in [1.54, 1.807) is 0 Å². The molecule has 170 valence electrons. The first-order chi connectivity index (χ1) is 15.5. The van der Waals surface area contributed by atoms with Crippen LogP contribution >= 0.6 is 0 Å². The molecule has 4 rings (SSSR count). The summed E-state index contributed by atoms with van der Waals surface area (Å²) >= 11 is 0. The highest BCUT2D eigenvalue weighted by atomic mass is 16.5. The minimum Gasteiger partial charge on any atom is -0.466 e. The first-order valence-electron chi connectivity index (χ1n) is 11.4. The van der Waals surface area contributed by atoms with Gasteiger partial charge in [0.1, 0.15) is 5.82 Å². The van der Waals surface area contributed by atoms with Crippen molar-refractivity contribution in [3.63, 3.8) is 0 Å². The van der Waals surface area contributed by atoms with E-state index in [4.69, 9.17) is 19.4 Å². The van der Waals surface area contributed by atoms with E-state index in [0.29, 0.717) is 24.4 Å². The number of anilines is 1. The van der Waals surface area contributed by atoms with Crippen molar-refractivity contribution in [2.45, 2.75) is 51.7 Å².